The number of benzene rings is 2. The van der Waals surface area contributed by atoms with E-state index in [0.717, 1.165) is 28.0 Å². The van der Waals surface area contributed by atoms with Gasteiger partial charge in [0, 0.05) is 23.7 Å². The van der Waals surface area contributed by atoms with E-state index >= 15 is 0 Å². The molecule has 4 rings (SSSR count). The van der Waals surface area contributed by atoms with Crippen LogP contribution >= 0.6 is 0 Å². The van der Waals surface area contributed by atoms with E-state index in [-0.39, 0.29) is 6.61 Å². The number of rotatable bonds is 6. The van der Waals surface area contributed by atoms with E-state index in [4.69, 9.17) is 10.1 Å². The zero-order valence-electron chi connectivity index (χ0n) is 15.5. The van der Waals surface area contributed by atoms with Crippen molar-refractivity contribution in [2.45, 2.75) is 44.6 Å². The second-order valence-corrected chi connectivity index (χ2v) is 7.19. The van der Waals surface area contributed by atoms with Gasteiger partial charge in [-0.1, -0.05) is 43.5 Å². The lowest BCUT2D eigenvalue weighted by molar-refractivity contribution is 0.299. The highest BCUT2D eigenvalue weighted by atomic mass is 16.2. The molecule has 1 aliphatic rings. The van der Waals surface area contributed by atoms with Crippen LogP contribution in [0.4, 0.5) is 17.5 Å². The van der Waals surface area contributed by atoms with E-state index in [1.165, 1.54) is 32.1 Å². The van der Waals surface area contributed by atoms with E-state index in [0.29, 0.717) is 18.4 Å². The molecule has 0 atom stereocenters. The summed E-state index contributed by atoms with van der Waals surface area (Å²) in [7, 11) is 0. The van der Waals surface area contributed by atoms with Crippen LogP contribution in [0.1, 0.15) is 37.7 Å². The number of hydrogen-bond donors (Lipinski definition) is 3. The van der Waals surface area contributed by atoms with Gasteiger partial charge in [0.15, 0.2) is 0 Å². The lowest BCUT2D eigenvalue weighted by Gasteiger charge is -2.24. The van der Waals surface area contributed by atoms with Gasteiger partial charge in [0.25, 0.3) is 0 Å². The summed E-state index contributed by atoms with van der Waals surface area (Å²) in [6, 6.07) is 16.7. The molecule has 1 aromatic heterocycles. The molecule has 27 heavy (non-hydrogen) atoms. The maximum Gasteiger partial charge on any atom is 0.229 e. The molecule has 1 fully saturated rings. The van der Waals surface area contributed by atoms with E-state index in [2.05, 4.69) is 21.7 Å². The minimum Gasteiger partial charge on any atom is -0.396 e. The summed E-state index contributed by atoms with van der Waals surface area (Å²) in [6.07, 6.45) is 6.97. The van der Waals surface area contributed by atoms with Crippen molar-refractivity contribution < 1.29 is 5.11 Å². The molecule has 1 saturated carbocycles. The van der Waals surface area contributed by atoms with Gasteiger partial charge in [0.1, 0.15) is 5.82 Å². The summed E-state index contributed by atoms with van der Waals surface area (Å²) in [4.78, 5) is 9.46. The summed E-state index contributed by atoms with van der Waals surface area (Å²) in [5.41, 5.74) is 2.99. The zero-order chi connectivity index (χ0) is 18.5. The van der Waals surface area contributed by atoms with Gasteiger partial charge in [-0.2, -0.15) is 4.98 Å². The highest BCUT2D eigenvalue weighted by Crippen LogP contribution is 2.27. The molecule has 0 saturated heterocycles. The Balaban J connectivity index is 1.60. The molecule has 0 aliphatic heterocycles. The van der Waals surface area contributed by atoms with Crippen molar-refractivity contribution >= 4 is 28.4 Å². The third-order valence-corrected chi connectivity index (χ3v) is 5.16. The second kappa shape index (κ2) is 8.35. The third-order valence-electron chi connectivity index (χ3n) is 5.16. The Hall–Kier alpha value is -2.66. The Morgan fingerprint density at radius 2 is 1.70 bits per heavy atom. The lowest BCUT2D eigenvalue weighted by Crippen LogP contribution is -2.23. The summed E-state index contributed by atoms with van der Waals surface area (Å²) >= 11 is 0. The van der Waals surface area contributed by atoms with Crippen LogP contribution in [-0.4, -0.2) is 27.7 Å². The standard InChI is InChI=1S/C22H26N4O/c27-15-14-16-10-12-18(13-11-16)24-22-25-20-9-5-4-8-19(20)21(26-22)23-17-6-2-1-3-7-17/h4-5,8-13,17,27H,1-3,6-7,14-15H2,(H2,23,24,25,26). The normalized spacial score (nSPS) is 15.0. The summed E-state index contributed by atoms with van der Waals surface area (Å²) in [6.45, 7) is 0.163. The van der Waals surface area contributed by atoms with Crippen molar-refractivity contribution in [3.8, 4) is 0 Å². The summed E-state index contributed by atoms with van der Waals surface area (Å²) < 4.78 is 0. The molecule has 0 spiro atoms. The second-order valence-electron chi connectivity index (χ2n) is 7.19. The van der Waals surface area contributed by atoms with Gasteiger partial charge in [-0.3, -0.25) is 0 Å². The van der Waals surface area contributed by atoms with Crippen molar-refractivity contribution in [1.82, 2.24) is 9.97 Å². The van der Waals surface area contributed by atoms with Crippen molar-refractivity contribution in [2.24, 2.45) is 0 Å². The van der Waals surface area contributed by atoms with Crippen LogP contribution in [-0.2, 0) is 6.42 Å². The predicted octanol–water partition coefficient (Wildman–Crippen LogP) is 4.65. The average molecular weight is 362 g/mol. The van der Waals surface area contributed by atoms with Crippen LogP contribution in [0.3, 0.4) is 0 Å². The molecule has 2 aromatic carbocycles. The SMILES string of the molecule is OCCc1ccc(Nc2nc(NC3CCCCC3)c3ccccc3n2)cc1. The smallest absolute Gasteiger partial charge is 0.229 e. The molecule has 0 radical (unpaired) electrons. The summed E-state index contributed by atoms with van der Waals surface area (Å²) in [5, 5.41) is 17.1. The number of anilines is 3. The van der Waals surface area contributed by atoms with Gasteiger partial charge in [-0.05, 0) is 49.1 Å². The number of aromatic nitrogens is 2. The number of aliphatic hydroxyl groups excluding tert-OH is 1. The van der Waals surface area contributed by atoms with Crippen LogP contribution in [0.2, 0.25) is 0 Å². The minimum absolute atomic E-state index is 0.163. The molecule has 1 heterocycles. The quantitative estimate of drug-likeness (QED) is 0.595. The predicted molar refractivity (Wildman–Crippen MR) is 111 cm³/mol. The molecule has 3 aromatic rings. The van der Waals surface area contributed by atoms with Crippen LogP contribution in [0.5, 0.6) is 0 Å². The molecule has 140 valence electrons. The first kappa shape index (κ1) is 17.7. The Bertz CT molecular complexity index is 888. The molecule has 0 bridgehead atoms. The van der Waals surface area contributed by atoms with E-state index in [1.807, 2.05) is 42.5 Å². The van der Waals surface area contributed by atoms with Gasteiger partial charge < -0.3 is 15.7 Å². The van der Waals surface area contributed by atoms with Gasteiger partial charge in [0.2, 0.25) is 5.95 Å². The molecular formula is C22H26N4O. The Labute approximate surface area is 159 Å². The first-order valence-electron chi connectivity index (χ1n) is 9.82. The first-order valence-corrected chi connectivity index (χ1v) is 9.82. The van der Waals surface area contributed by atoms with E-state index < -0.39 is 0 Å². The lowest BCUT2D eigenvalue weighted by atomic mass is 9.95. The fourth-order valence-electron chi connectivity index (χ4n) is 3.70. The van der Waals surface area contributed by atoms with Crippen LogP contribution < -0.4 is 10.6 Å². The van der Waals surface area contributed by atoms with Gasteiger partial charge >= 0.3 is 0 Å². The molecule has 5 nitrogen and oxygen atoms in total. The van der Waals surface area contributed by atoms with Crippen molar-refractivity contribution in [3.63, 3.8) is 0 Å². The van der Waals surface area contributed by atoms with Gasteiger partial charge in [-0.15, -0.1) is 0 Å². The number of hydrogen-bond acceptors (Lipinski definition) is 5. The number of fused-ring (bicyclic) bond motifs is 1. The Morgan fingerprint density at radius 3 is 2.48 bits per heavy atom. The molecule has 1 aliphatic carbocycles. The molecule has 0 unspecified atom stereocenters. The molecule has 5 heteroatoms. The highest BCUT2D eigenvalue weighted by Gasteiger charge is 2.16. The largest absolute Gasteiger partial charge is 0.396 e. The van der Waals surface area contributed by atoms with Crippen LogP contribution in [0, 0.1) is 0 Å². The van der Waals surface area contributed by atoms with Gasteiger partial charge in [-0.25, -0.2) is 4.98 Å². The van der Waals surface area contributed by atoms with Crippen LogP contribution in [0.15, 0.2) is 48.5 Å². The Kier molecular flexibility index (Phi) is 5.49. The maximum atomic E-state index is 9.05. The number of nitrogens with one attached hydrogen (secondary N) is 2. The van der Waals surface area contributed by atoms with E-state index in [1.54, 1.807) is 0 Å². The first-order chi connectivity index (χ1) is 13.3. The number of nitrogens with zero attached hydrogens (tertiary/aromatic N) is 2. The molecule has 0 amide bonds. The fraction of sp³-hybridized carbons (Fsp3) is 0.364. The van der Waals surface area contributed by atoms with Crippen molar-refractivity contribution in [3.05, 3.63) is 54.1 Å². The topological polar surface area (TPSA) is 70.1 Å². The zero-order valence-corrected chi connectivity index (χ0v) is 15.5. The van der Waals surface area contributed by atoms with E-state index in [9.17, 15) is 0 Å². The number of para-hydroxylation sites is 1. The fourth-order valence-corrected chi connectivity index (χ4v) is 3.70. The monoisotopic (exact) mass is 362 g/mol. The minimum atomic E-state index is 0.163. The van der Waals surface area contributed by atoms with Crippen LogP contribution in [0.25, 0.3) is 10.9 Å². The van der Waals surface area contributed by atoms with Gasteiger partial charge in [0.05, 0.1) is 5.52 Å². The average Bonchev–Trinajstić information content (AvgIpc) is 2.71. The Morgan fingerprint density at radius 1 is 0.926 bits per heavy atom. The highest BCUT2D eigenvalue weighted by molar-refractivity contribution is 5.90. The number of aliphatic hydroxyl groups is 1. The maximum absolute atomic E-state index is 9.05. The molecule has 3 N–H and O–H groups in total. The molecular weight excluding hydrogens is 336 g/mol. The van der Waals surface area contributed by atoms with Crippen molar-refractivity contribution in [1.29, 1.82) is 0 Å². The van der Waals surface area contributed by atoms with Crippen molar-refractivity contribution in [2.75, 3.05) is 17.2 Å². The third kappa shape index (κ3) is 4.37. The summed E-state index contributed by atoms with van der Waals surface area (Å²) in [5.74, 6) is 1.51.